The highest BCUT2D eigenvalue weighted by atomic mass is 35.5. The van der Waals surface area contributed by atoms with Crippen LogP contribution in [0, 0.1) is 0 Å². The Kier molecular flexibility index (Phi) is 3.56. The van der Waals surface area contributed by atoms with Crippen molar-refractivity contribution in [3.63, 3.8) is 0 Å². The zero-order valence-corrected chi connectivity index (χ0v) is 9.93. The van der Waals surface area contributed by atoms with E-state index in [0.29, 0.717) is 22.2 Å². The summed E-state index contributed by atoms with van der Waals surface area (Å²) in [4.78, 5) is 7.98. The molecule has 2 rings (SSSR count). The number of aromatic nitrogens is 2. The number of pyridine rings is 2. The summed E-state index contributed by atoms with van der Waals surface area (Å²) < 4.78 is 5.53. The molecule has 0 fully saturated rings. The maximum Gasteiger partial charge on any atom is 0.225 e. The predicted octanol–water partition coefficient (Wildman–Crippen LogP) is 2.98. The highest BCUT2D eigenvalue weighted by molar-refractivity contribution is 6.30. The lowest BCUT2D eigenvalue weighted by atomic mass is 10.2. The number of hydrogen-bond acceptors (Lipinski definition) is 4. The molecule has 0 radical (unpaired) electrons. The molecule has 0 aliphatic carbocycles. The zero-order valence-electron chi connectivity index (χ0n) is 9.17. The van der Waals surface area contributed by atoms with Crippen LogP contribution in [0.1, 0.15) is 18.6 Å². The summed E-state index contributed by atoms with van der Waals surface area (Å²) in [5.41, 5.74) is 0.618. The van der Waals surface area contributed by atoms with Crippen molar-refractivity contribution >= 4 is 11.6 Å². The number of rotatable bonds is 3. The van der Waals surface area contributed by atoms with Crippen LogP contribution in [-0.4, -0.2) is 15.1 Å². The van der Waals surface area contributed by atoms with Crippen LogP contribution < -0.4 is 4.74 Å². The van der Waals surface area contributed by atoms with Crippen LogP contribution in [-0.2, 0) is 0 Å². The molecule has 2 aromatic rings. The summed E-state index contributed by atoms with van der Waals surface area (Å²) >= 11 is 5.80. The second kappa shape index (κ2) is 5.12. The SMILES string of the molecule is C[C@@H](O)c1cccnc1Oc1cncc(Cl)c1. The van der Waals surface area contributed by atoms with Crippen molar-refractivity contribution in [3.8, 4) is 11.6 Å². The maximum atomic E-state index is 9.58. The molecule has 1 atom stereocenters. The minimum Gasteiger partial charge on any atom is -0.437 e. The van der Waals surface area contributed by atoms with Crippen LogP contribution in [0.25, 0.3) is 0 Å². The third kappa shape index (κ3) is 2.93. The molecule has 17 heavy (non-hydrogen) atoms. The highest BCUT2D eigenvalue weighted by Crippen LogP contribution is 2.27. The first-order valence-corrected chi connectivity index (χ1v) is 5.46. The summed E-state index contributed by atoms with van der Waals surface area (Å²) in [6.45, 7) is 1.65. The fourth-order valence-corrected chi connectivity index (χ4v) is 1.53. The van der Waals surface area contributed by atoms with Gasteiger partial charge in [-0.05, 0) is 19.1 Å². The van der Waals surface area contributed by atoms with Gasteiger partial charge in [-0.25, -0.2) is 4.98 Å². The minimum atomic E-state index is -0.647. The van der Waals surface area contributed by atoms with E-state index in [1.165, 1.54) is 12.4 Å². The van der Waals surface area contributed by atoms with Crippen LogP contribution in [0.5, 0.6) is 11.6 Å². The lowest BCUT2D eigenvalue weighted by Crippen LogP contribution is -1.98. The average molecular weight is 251 g/mol. The molecule has 0 saturated carbocycles. The Balaban J connectivity index is 2.30. The third-order valence-electron chi connectivity index (χ3n) is 2.14. The van der Waals surface area contributed by atoms with Gasteiger partial charge in [0, 0.05) is 24.0 Å². The molecule has 0 saturated heterocycles. The third-order valence-corrected chi connectivity index (χ3v) is 2.35. The van der Waals surface area contributed by atoms with E-state index in [2.05, 4.69) is 9.97 Å². The number of halogens is 1. The Morgan fingerprint density at radius 3 is 2.94 bits per heavy atom. The number of ether oxygens (including phenoxy) is 1. The van der Waals surface area contributed by atoms with Crippen LogP contribution in [0.4, 0.5) is 0 Å². The van der Waals surface area contributed by atoms with Gasteiger partial charge in [0.15, 0.2) is 0 Å². The quantitative estimate of drug-likeness (QED) is 0.910. The number of aliphatic hydroxyl groups excluding tert-OH is 1. The van der Waals surface area contributed by atoms with E-state index in [4.69, 9.17) is 16.3 Å². The predicted molar refractivity (Wildman–Crippen MR) is 64.2 cm³/mol. The number of aliphatic hydroxyl groups is 1. The lowest BCUT2D eigenvalue weighted by Gasteiger charge is -2.11. The van der Waals surface area contributed by atoms with Crippen LogP contribution in [0.15, 0.2) is 36.8 Å². The van der Waals surface area contributed by atoms with Crippen LogP contribution in [0.2, 0.25) is 5.02 Å². The molecule has 2 aromatic heterocycles. The normalized spacial score (nSPS) is 12.2. The second-order valence-electron chi connectivity index (χ2n) is 3.51. The average Bonchev–Trinajstić information content (AvgIpc) is 2.29. The highest BCUT2D eigenvalue weighted by Gasteiger charge is 2.10. The van der Waals surface area contributed by atoms with Gasteiger partial charge in [-0.3, -0.25) is 4.98 Å². The van der Waals surface area contributed by atoms with Gasteiger partial charge in [0.1, 0.15) is 5.75 Å². The van der Waals surface area contributed by atoms with Crippen molar-refractivity contribution in [3.05, 3.63) is 47.4 Å². The lowest BCUT2D eigenvalue weighted by molar-refractivity contribution is 0.194. The molecule has 1 N–H and O–H groups in total. The topological polar surface area (TPSA) is 55.2 Å². The Hall–Kier alpha value is -1.65. The number of hydrogen-bond donors (Lipinski definition) is 1. The van der Waals surface area contributed by atoms with E-state index in [1.54, 1.807) is 31.3 Å². The Morgan fingerprint density at radius 1 is 1.41 bits per heavy atom. The molecule has 0 aliphatic heterocycles. The molecule has 0 bridgehead atoms. The Morgan fingerprint density at radius 2 is 2.24 bits per heavy atom. The molecule has 0 spiro atoms. The van der Waals surface area contributed by atoms with E-state index in [0.717, 1.165) is 0 Å². The van der Waals surface area contributed by atoms with Crippen molar-refractivity contribution in [1.82, 2.24) is 9.97 Å². The molecular formula is C12H11ClN2O2. The maximum absolute atomic E-state index is 9.58. The smallest absolute Gasteiger partial charge is 0.225 e. The summed E-state index contributed by atoms with van der Waals surface area (Å²) in [7, 11) is 0. The van der Waals surface area contributed by atoms with Gasteiger partial charge in [0.2, 0.25) is 5.88 Å². The molecule has 0 aromatic carbocycles. The van der Waals surface area contributed by atoms with E-state index < -0.39 is 6.10 Å². The fourth-order valence-electron chi connectivity index (χ4n) is 1.37. The summed E-state index contributed by atoms with van der Waals surface area (Å²) in [6, 6.07) is 5.13. The summed E-state index contributed by atoms with van der Waals surface area (Å²) in [6.07, 6.45) is 4.00. The van der Waals surface area contributed by atoms with Gasteiger partial charge < -0.3 is 9.84 Å². The molecular weight excluding hydrogens is 240 g/mol. The van der Waals surface area contributed by atoms with Crippen molar-refractivity contribution in [2.24, 2.45) is 0 Å². The first kappa shape index (κ1) is 11.8. The van der Waals surface area contributed by atoms with Gasteiger partial charge in [-0.15, -0.1) is 0 Å². The first-order valence-electron chi connectivity index (χ1n) is 5.08. The van der Waals surface area contributed by atoms with Crippen molar-refractivity contribution < 1.29 is 9.84 Å². The molecule has 2 heterocycles. The fraction of sp³-hybridized carbons (Fsp3) is 0.167. The largest absolute Gasteiger partial charge is 0.437 e. The summed E-state index contributed by atoms with van der Waals surface area (Å²) in [5.74, 6) is 0.838. The van der Waals surface area contributed by atoms with E-state index in [1.807, 2.05) is 0 Å². The number of nitrogens with zero attached hydrogens (tertiary/aromatic N) is 2. The van der Waals surface area contributed by atoms with Crippen molar-refractivity contribution in [1.29, 1.82) is 0 Å². The van der Waals surface area contributed by atoms with Crippen molar-refractivity contribution in [2.45, 2.75) is 13.0 Å². The van der Waals surface area contributed by atoms with Gasteiger partial charge in [0.05, 0.1) is 17.3 Å². The molecule has 88 valence electrons. The monoisotopic (exact) mass is 250 g/mol. The van der Waals surface area contributed by atoms with Crippen LogP contribution >= 0.6 is 11.6 Å². The van der Waals surface area contributed by atoms with Gasteiger partial charge in [-0.1, -0.05) is 11.6 Å². The van der Waals surface area contributed by atoms with Gasteiger partial charge in [0.25, 0.3) is 0 Å². The van der Waals surface area contributed by atoms with Gasteiger partial charge >= 0.3 is 0 Å². The Labute approximate surface area is 104 Å². The first-order chi connectivity index (χ1) is 8.16. The molecule has 0 amide bonds. The summed E-state index contributed by atoms with van der Waals surface area (Å²) in [5, 5.41) is 10.1. The van der Waals surface area contributed by atoms with Gasteiger partial charge in [-0.2, -0.15) is 0 Å². The van der Waals surface area contributed by atoms with E-state index >= 15 is 0 Å². The molecule has 4 nitrogen and oxygen atoms in total. The zero-order chi connectivity index (χ0) is 12.3. The molecule has 0 unspecified atom stereocenters. The van der Waals surface area contributed by atoms with E-state index in [9.17, 15) is 5.11 Å². The van der Waals surface area contributed by atoms with Crippen molar-refractivity contribution in [2.75, 3.05) is 0 Å². The standard InChI is InChI=1S/C12H11ClN2O2/c1-8(16)11-3-2-4-15-12(11)17-10-5-9(13)6-14-7-10/h2-8,16H,1H3/t8-/m1/s1. The minimum absolute atomic E-state index is 0.353. The Bertz CT molecular complexity index is 517. The van der Waals surface area contributed by atoms with E-state index in [-0.39, 0.29) is 0 Å². The molecule has 0 aliphatic rings. The second-order valence-corrected chi connectivity index (χ2v) is 3.95. The van der Waals surface area contributed by atoms with Crippen LogP contribution in [0.3, 0.4) is 0 Å². The molecule has 5 heteroatoms.